The fraction of sp³-hybridized carbons (Fsp3) is 0.136. The maximum Gasteiger partial charge on any atom is 0.516 e. The predicted molar refractivity (Wildman–Crippen MR) is 124 cm³/mol. The van der Waals surface area contributed by atoms with E-state index in [1.165, 1.54) is 23.1 Å². The van der Waals surface area contributed by atoms with Gasteiger partial charge in [-0.15, -0.1) is 0 Å². The van der Waals surface area contributed by atoms with Crippen LogP contribution in [0.1, 0.15) is 21.8 Å². The first kappa shape index (κ1) is 24.0. The number of hydrogen-bond acceptors (Lipinski definition) is 7. The maximum atomic E-state index is 12.7. The first-order valence-corrected chi connectivity index (χ1v) is 11.5. The van der Waals surface area contributed by atoms with Gasteiger partial charge in [-0.25, -0.2) is 0 Å². The SMILES string of the molecule is Cc1noc(C)c1-c1ccc2c(Nc3cccc(NS(=O)(=O)C(F)(F)F)c3)c(C(N)=O)cnc2c1. The summed E-state index contributed by atoms with van der Waals surface area (Å²) in [5.74, 6) is -0.169. The number of rotatable bonds is 6. The second-order valence-electron chi connectivity index (χ2n) is 7.60. The summed E-state index contributed by atoms with van der Waals surface area (Å²) >= 11 is 0. The first-order chi connectivity index (χ1) is 16.4. The number of aryl methyl sites for hydroxylation is 2. The summed E-state index contributed by atoms with van der Waals surface area (Å²) in [7, 11) is -5.60. The number of carbonyl (C=O) groups excluding carboxylic acids is 1. The second kappa shape index (κ2) is 8.58. The number of nitrogens with zero attached hydrogens (tertiary/aromatic N) is 2. The summed E-state index contributed by atoms with van der Waals surface area (Å²) in [6.07, 6.45) is 1.28. The van der Waals surface area contributed by atoms with Crippen LogP contribution < -0.4 is 15.8 Å². The van der Waals surface area contributed by atoms with Gasteiger partial charge in [0.1, 0.15) is 5.76 Å². The van der Waals surface area contributed by atoms with E-state index in [4.69, 9.17) is 10.3 Å². The van der Waals surface area contributed by atoms with Crippen molar-refractivity contribution >= 4 is 43.9 Å². The maximum absolute atomic E-state index is 12.7. The molecule has 182 valence electrons. The van der Waals surface area contributed by atoms with E-state index in [0.29, 0.717) is 22.4 Å². The molecule has 4 rings (SSSR count). The van der Waals surface area contributed by atoms with Crippen LogP contribution in [0.25, 0.3) is 22.0 Å². The lowest BCUT2D eigenvalue weighted by Crippen LogP contribution is -2.29. The van der Waals surface area contributed by atoms with E-state index < -0.39 is 21.4 Å². The lowest BCUT2D eigenvalue weighted by molar-refractivity contribution is -0.0429. The Labute approximate surface area is 197 Å². The molecular formula is C22H18F3N5O4S. The van der Waals surface area contributed by atoms with Gasteiger partial charge in [0, 0.05) is 22.8 Å². The molecule has 0 aliphatic carbocycles. The molecule has 0 fully saturated rings. The fourth-order valence-electron chi connectivity index (χ4n) is 3.58. The summed E-state index contributed by atoms with van der Waals surface area (Å²) in [6, 6.07) is 10.4. The van der Waals surface area contributed by atoms with Crippen molar-refractivity contribution in [3.05, 3.63) is 65.7 Å². The number of alkyl halides is 3. The van der Waals surface area contributed by atoms with E-state index in [2.05, 4.69) is 15.5 Å². The molecule has 0 aliphatic heterocycles. The number of fused-ring (bicyclic) bond motifs is 1. The molecule has 0 radical (unpaired) electrons. The van der Waals surface area contributed by atoms with Gasteiger partial charge in [-0.2, -0.15) is 21.6 Å². The zero-order chi connectivity index (χ0) is 25.5. The Morgan fingerprint density at radius 2 is 1.80 bits per heavy atom. The minimum atomic E-state index is -5.60. The van der Waals surface area contributed by atoms with Gasteiger partial charge in [0.05, 0.1) is 28.1 Å². The van der Waals surface area contributed by atoms with Crippen LogP contribution in [0.2, 0.25) is 0 Å². The highest BCUT2D eigenvalue weighted by Gasteiger charge is 2.46. The zero-order valence-corrected chi connectivity index (χ0v) is 19.1. The Balaban J connectivity index is 1.77. The quantitative estimate of drug-likeness (QED) is 0.348. The molecule has 1 amide bonds. The Bertz CT molecular complexity index is 1550. The van der Waals surface area contributed by atoms with E-state index in [1.807, 2.05) is 0 Å². The highest BCUT2D eigenvalue weighted by atomic mass is 32.2. The molecule has 0 unspecified atom stereocenters. The summed E-state index contributed by atoms with van der Waals surface area (Å²) in [4.78, 5) is 16.4. The molecule has 2 heterocycles. The average Bonchev–Trinajstić information content (AvgIpc) is 3.10. The number of hydrogen-bond donors (Lipinski definition) is 3. The van der Waals surface area contributed by atoms with E-state index in [9.17, 15) is 26.4 Å². The number of nitrogens with one attached hydrogen (secondary N) is 2. The number of amides is 1. The van der Waals surface area contributed by atoms with Crippen molar-refractivity contribution in [1.82, 2.24) is 10.1 Å². The van der Waals surface area contributed by atoms with E-state index in [1.54, 1.807) is 32.0 Å². The fourth-order valence-corrected chi connectivity index (χ4v) is 4.14. The van der Waals surface area contributed by atoms with Crippen molar-refractivity contribution in [3.8, 4) is 11.1 Å². The number of primary amides is 1. The minimum absolute atomic E-state index is 0.0314. The van der Waals surface area contributed by atoms with Gasteiger partial charge in [-0.1, -0.05) is 23.4 Å². The standard InChI is InChI=1S/C22H18F3N5O4S/c1-11-19(12(2)34-29-11)13-6-7-16-18(8-13)27-10-17(21(26)31)20(16)28-14-4-3-5-15(9-14)30-35(32,33)22(23,24)25/h3-10,30H,1-2H3,(H2,26,31)(H,27,28). The average molecular weight is 505 g/mol. The molecule has 0 spiro atoms. The first-order valence-electron chi connectivity index (χ1n) is 9.99. The summed E-state index contributed by atoms with van der Waals surface area (Å²) in [6.45, 7) is 3.57. The van der Waals surface area contributed by atoms with Gasteiger partial charge in [0.15, 0.2) is 0 Å². The Morgan fingerprint density at radius 1 is 1.09 bits per heavy atom. The van der Waals surface area contributed by atoms with Crippen LogP contribution in [-0.2, 0) is 10.0 Å². The molecule has 2 aromatic carbocycles. The van der Waals surface area contributed by atoms with Gasteiger partial charge in [0.2, 0.25) is 0 Å². The van der Waals surface area contributed by atoms with Crippen LogP contribution >= 0.6 is 0 Å². The molecule has 35 heavy (non-hydrogen) atoms. The zero-order valence-electron chi connectivity index (χ0n) is 18.3. The number of anilines is 3. The van der Waals surface area contributed by atoms with Gasteiger partial charge >= 0.3 is 15.5 Å². The van der Waals surface area contributed by atoms with Crippen LogP contribution in [0.4, 0.5) is 30.2 Å². The van der Waals surface area contributed by atoms with Crippen molar-refractivity contribution in [2.45, 2.75) is 19.4 Å². The Kier molecular flexibility index (Phi) is 5.88. The molecule has 0 saturated carbocycles. The van der Waals surface area contributed by atoms with Crippen LogP contribution in [0.5, 0.6) is 0 Å². The monoisotopic (exact) mass is 505 g/mol. The molecule has 0 aliphatic rings. The van der Waals surface area contributed by atoms with E-state index in [0.717, 1.165) is 23.3 Å². The van der Waals surface area contributed by atoms with Crippen molar-refractivity contribution in [1.29, 1.82) is 0 Å². The van der Waals surface area contributed by atoms with Crippen molar-refractivity contribution < 1.29 is 30.9 Å². The highest BCUT2D eigenvalue weighted by Crippen LogP contribution is 2.34. The number of nitrogens with two attached hydrogens (primary N) is 1. The molecular weight excluding hydrogens is 487 g/mol. The Morgan fingerprint density at radius 3 is 2.43 bits per heavy atom. The molecule has 0 atom stereocenters. The third-order valence-corrected chi connectivity index (χ3v) is 6.26. The van der Waals surface area contributed by atoms with Crippen molar-refractivity contribution in [3.63, 3.8) is 0 Å². The number of benzene rings is 2. The van der Waals surface area contributed by atoms with Crippen LogP contribution in [0.15, 0.2) is 53.2 Å². The topological polar surface area (TPSA) is 140 Å². The van der Waals surface area contributed by atoms with E-state index >= 15 is 0 Å². The predicted octanol–water partition coefficient (Wildman–Crippen LogP) is 4.61. The van der Waals surface area contributed by atoms with Gasteiger partial charge in [-0.3, -0.25) is 14.5 Å². The number of halogens is 3. The molecule has 0 bridgehead atoms. The van der Waals surface area contributed by atoms with Crippen LogP contribution in [-0.4, -0.2) is 30.0 Å². The number of pyridine rings is 1. The summed E-state index contributed by atoms with van der Waals surface area (Å²) in [5, 5.41) is 7.39. The van der Waals surface area contributed by atoms with Crippen LogP contribution in [0.3, 0.4) is 0 Å². The molecule has 4 aromatic rings. The minimum Gasteiger partial charge on any atom is -0.365 e. The second-order valence-corrected chi connectivity index (χ2v) is 9.27. The number of carbonyl (C=O) groups is 1. The van der Waals surface area contributed by atoms with Crippen LogP contribution in [0, 0.1) is 13.8 Å². The van der Waals surface area contributed by atoms with Gasteiger partial charge in [0.25, 0.3) is 5.91 Å². The van der Waals surface area contributed by atoms with Gasteiger partial charge in [-0.05, 0) is 43.7 Å². The lowest BCUT2D eigenvalue weighted by atomic mass is 10.0. The molecule has 0 saturated heterocycles. The number of sulfonamides is 1. The normalized spacial score (nSPS) is 12.0. The molecule has 13 heteroatoms. The van der Waals surface area contributed by atoms with Crippen molar-refractivity contribution in [2.24, 2.45) is 5.73 Å². The smallest absolute Gasteiger partial charge is 0.365 e. The summed E-state index contributed by atoms with van der Waals surface area (Å²) in [5.41, 5.74) is 2.95. The molecule has 9 nitrogen and oxygen atoms in total. The third-order valence-electron chi connectivity index (χ3n) is 5.15. The third kappa shape index (κ3) is 4.62. The van der Waals surface area contributed by atoms with Crippen molar-refractivity contribution in [2.75, 3.05) is 10.0 Å². The number of aromatic nitrogens is 2. The highest BCUT2D eigenvalue weighted by molar-refractivity contribution is 7.93. The van der Waals surface area contributed by atoms with E-state index in [-0.39, 0.29) is 22.6 Å². The lowest BCUT2D eigenvalue weighted by Gasteiger charge is -2.15. The van der Waals surface area contributed by atoms with Gasteiger partial charge < -0.3 is 15.6 Å². The molecule has 4 N–H and O–H groups in total. The molecule has 2 aromatic heterocycles. The Hall–Kier alpha value is -4.13. The summed E-state index contributed by atoms with van der Waals surface area (Å²) < 4.78 is 67.8. The largest absolute Gasteiger partial charge is 0.516 e.